The summed E-state index contributed by atoms with van der Waals surface area (Å²) >= 11 is 1.80. The third kappa shape index (κ3) is 4.76. The third-order valence-electron chi connectivity index (χ3n) is 3.98. The third-order valence-corrected chi connectivity index (χ3v) is 4.98. The molecule has 4 nitrogen and oxygen atoms in total. The Morgan fingerprint density at radius 2 is 1.96 bits per heavy atom. The Bertz CT molecular complexity index is 869. The molecule has 0 spiro atoms. The highest BCUT2D eigenvalue weighted by molar-refractivity contribution is 7.17. The maximum absolute atomic E-state index is 11.0. The molecule has 1 heterocycles. The Kier molecular flexibility index (Phi) is 5.95. The van der Waals surface area contributed by atoms with Gasteiger partial charge in [0.05, 0.1) is 0 Å². The molecule has 0 aliphatic heterocycles. The first-order chi connectivity index (χ1) is 12.3. The van der Waals surface area contributed by atoms with Crippen molar-refractivity contribution in [3.05, 3.63) is 76.7 Å². The zero-order valence-electron chi connectivity index (χ0n) is 13.7. The molecule has 0 radical (unpaired) electrons. The van der Waals surface area contributed by atoms with E-state index >= 15 is 0 Å². The summed E-state index contributed by atoms with van der Waals surface area (Å²) in [5.74, 6) is -0.536. The summed E-state index contributed by atoms with van der Waals surface area (Å²) in [6, 6.07) is 16.6. The van der Waals surface area contributed by atoms with Crippen LogP contribution in [0.15, 0.2) is 60.0 Å². The normalized spacial score (nSPS) is 11.2. The van der Waals surface area contributed by atoms with Crippen LogP contribution in [-0.2, 0) is 17.8 Å². The van der Waals surface area contributed by atoms with Crippen LogP contribution in [0.25, 0.3) is 16.2 Å². The van der Waals surface area contributed by atoms with Crippen molar-refractivity contribution in [2.45, 2.75) is 13.0 Å². The molecule has 2 aromatic carbocycles. The number of carbonyl (C=O) groups excluding carboxylic acids is 1. The average Bonchev–Trinajstić information content (AvgIpc) is 3.13. The summed E-state index contributed by atoms with van der Waals surface area (Å²) in [5.41, 5.74) is 5.07. The predicted octanol–water partition coefficient (Wildman–Crippen LogP) is 3.75. The summed E-state index contributed by atoms with van der Waals surface area (Å²) in [6.07, 6.45) is 3.96. The van der Waals surface area contributed by atoms with E-state index in [4.69, 9.17) is 5.21 Å². The van der Waals surface area contributed by atoms with E-state index in [-0.39, 0.29) is 0 Å². The van der Waals surface area contributed by atoms with Crippen LogP contribution in [0.5, 0.6) is 0 Å². The number of rotatable bonds is 7. The molecular weight excluding hydrogens is 332 g/mol. The zero-order valence-corrected chi connectivity index (χ0v) is 14.6. The molecule has 0 bridgehead atoms. The van der Waals surface area contributed by atoms with Gasteiger partial charge in [-0.05, 0) is 52.6 Å². The number of hydrogen-bond donors (Lipinski definition) is 3. The molecule has 0 atom stereocenters. The van der Waals surface area contributed by atoms with Crippen molar-refractivity contribution >= 4 is 33.4 Å². The maximum atomic E-state index is 11.0. The molecule has 0 fully saturated rings. The van der Waals surface area contributed by atoms with E-state index in [1.54, 1.807) is 22.9 Å². The smallest absolute Gasteiger partial charge is 0.267 e. The van der Waals surface area contributed by atoms with E-state index in [1.165, 1.54) is 27.3 Å². The van der Waals surface area contributed by atoms with E-state index in [2.05, 4.69) is 35.0 Å². The number of amides is 1. The van der Waals surface area contributed by atoms with Crippen LogP contribution >= 0.6 is 11.3 Å². The fourth-order valence-corrected chi connectivity index (χ4v) is 3.61. The van der Waals surface area contributed by atoms with E-state index in [9.17, 15) is 4.79 Å². The summed E-state index contributed by atoms with van der Waals surface area (Å²) in [6.45, 7) is 1.73. The van der Waals surface area contributed by atoms with Gasteiger partial charge in [0.2, 0.25) is 0 Å². The van der Waals surface area contributed by atoms with E-state index in [1.807, 2.05) is 24.3 Å². The van der Waals surface area contributed by atoms with Gasteiger partial charge in [0.1, 0.15) is 0 Å². The van der Waals surface area contributed by atoms with Crippen molar-refractivity contribution in [1.29, 1.82) is 0 Å². The molecule has 3 N–H and O–H groups in total. The van der Waals surface area contributed by atoms with Gasteiger partial charge in [-0.25, -0.2) is 5.48 Å². The number of hydroxylamine groups is 1. The van der Waals surface area contributed by atoms with Crippen LogP contribution in [0.1, 0.15) is 16.7 Å². The summed E-state index contributed by atoms with van der Waals surface area (Å²) in [5, 5.41) is 15.4. The number of fused-ring (bicyclic) bond motifs is 1. The van der Waals surface area contributed by atoms with Crippen molar-refractivity contribution in [3.63, 3.8) is 0 Å². The first kappa shape index (κ1) is 17.4. The topological polar surface area (TPSA) is 61.4 Å². The summed E-state index contributed by atoms with van der Waals surface area (Å²) in [7, 11) is 0. The molecule has 25 heavy (non-hydrogen) atoms. The molecule has 0 aliphatic rings. The van der Waals surface area contributed by atoms with Gasteiger partial charge in [0.25, 0.3) is 5.91 Å². The highest BCUT2D eigenvalue weighted by Crippen LogP contribution is 2.24. The second kappa shape index (κ2) is 8.58. The van der Waals surface area contributed by atoms with E-state index in [0.29, 0.717) is 0 Å². The number of benzene rings is 2. The lowest BCUT2D eigenvalue weighted by Crippen LogP contribution is -2.16. The first-order valence-electron chi connectivity index (χ1n) is 8.13. The number of hydrogen-bond acceptors (Lipinski definition) is 4. The van der Waals surface area contributed by atoms with Crippen LogP contribution in [0.4, 0.5) is 0 Å². The van der Waals surface area contributed by atoms with Gasteiger partial charge in [0.15, 0.2) is 0 Å². The van der Waals surface area contributed by atoms with Crippen molar-refractivity contribution in [2.24, 2.45) is 0 Å². The van der Waals surface area contributed by atoms with Gasteiger partial charge in [0, 0.05) is 17.3 Å². The first-order valence-corrected chi connectivity index (χ1v) is 9.01. The van der Waals surface area contributed by atoms with Gasteiger partial charge < -0.3 is 5.32 Å². The van der Waals surface area contributed by atoms with Crippen LogP contribution in [-0.4, -0.2) is 17.7 Å². The molecule has 1 amide bonds. The second-order valence-corrected chi connectivity index (χ2v) is 6.65. The zero-order chi connectivity index (χ0) is 17.5. The van der Waals surface area contributed by atoms with Crippen molar-refractivity contribution in [1.82, 2.24) is 10.8 Å². The minimum absolute atomic E-state index is 0.536. The maximum Gasteiger partial charge on any atom is 0.267 e. The van der Waals surface area contributed by atoms with Gasteiger partial charge in [-0.2, -0.15) is 0 Å². The molecule has 5 heteroatoms. The lowest BCUT2D eigenvalue weighted by Gasteiger charge is -2.07. The standard InChI is InChI=1S/C20H20N2O2S/c23-19(22-24)9-8-15-4-6-16(7-5-15)14-21-12-10-17-2-1-3-18-11-13-25-20(17)18/h1-9,11,13,21,24H,10,12,14H2,(H,22,23)/b9-8+. The Hall–Kier alpha value is -2.47. The Balaban J connectivity index is 1.48. The molecule has 0 saturated carbocycles. The van der Waals surface area contributed by atoms with E-state index < -0.39 is 5.91 Å². The monoisotopic (exact) mass is 352 g/mol. The molecule has 128 valence electrons. The number of nitrogens with one attached hydrogen (secondary N) is 2. The fraction of sp³-hybridized carbons (Fsp3) is 0.150. The van der Waals surface area contributed by atoms with E-state index in [0.717, 1.165) is 25.1 Å². The predicted molar refractivity (Wildman–Crippen MR) is 103 cm³/mol. The number of carbonyl (C=O) groups is 1. The highest BCUT2D eigenvalue weighted by Gasteiger charge is 2.02. The molecule has 0 unspecified atom stereocenters. The number of thiophene rings is 1. The second-order valence-electron chi connectivity index (χ2n) is 5.73. The Labute approximate surface area is 150 Å². The van der Waals surface area contributed by atoms with Gasteiger partial charge in [-0.1, -0.05) is 42.5 Å². The minimum Gasteiger partial charge on any atom is -0.312 e. The lowest BCUT2D eigenvalue weighted by molar-refractivity contribution is -0.124. The van der Waals surface area contributed by atoms with Crippen molar-refractivity contribution < 1.29 is 10.0 Å². The molecule has 0 saturated heterocycles. The van der Waals surface area contributed by atoms with Crippen LogP contribution < -0.4 is 10.8 Å². The van der Waals surface area contributed by atoms with Crippen molar-refractivity contribution in [3.8, 4) is 0 Å². The average molecular weight is 352 g/mol. The minimum atomic E-state index is -0.536. The van der Waals surface area contributed by atoms with Crippen LogP contribution in [0.2, 0.25) is 0 Å². The Morgan fingerprint density at radius 1 is 1.12 bits per heavy atom. The molecule has 3 rings (SSSR count). The van der Waals surface area contributed by atoms with Gasteiger partial charge in [-0.3, -0.25) is 10.0 Å². The Morgan fingerprint density at radius 3 is 2.76 bits per heavy atom. The molecular formula is C20H20N2O2S. The highest BCUT2D eigenvalue weighted by atomic mass is 32.1. The molecule has 1 aromatic heterocycles. The van der Waals surface area contributed by atoms with Crippen LogP contribution in [0, 0.1) is 0 Å². The SMILES string of the molecule is O=C(/C=C/c1ccc(CNCCc2cccc3ccsc23)cc1)NO. The van der Waals surface area contributed by atoms with Gasteiger partial charge >= 0.3 is 0 Å². The van der Waals surface area contributed by atoms with Crippen molar-refractivity contribution in [2.75, 3.05) is 6.54 Å². The fourth-order valence-electron chi connectivity index (χ4n) is 2.66. The molecule has 0 aliphatic carbocycles. The quantitative estimate of drug-likeness (QED) is 0.263. The molecule has 3 aromatic rings. The lowest BCUT2D eigenvalue weighted by atomic mass is 10.1. The summed E-state index contributed by atoms with van der Waals surface area (Å²) < 4.78 is 1.38. The van der Waals surface area contributed by atoms with Gasteiger partial charge in [-0.15, -0.1) is 11.3 Å². The van der Waals surface area contributed by atoms with Crippen LogP contribution in [0.3, 0.4) is 0 Å². The summed E-state index contributed by atoms with van der Waals surface area (Å²) in [4.78, 5) is 11.0. The largest absolute Gasteiger partial charge is 0.312 e.